The fraction of sp³-hybridized carbons (Fsp3) is 0.240. The Morgan fingerprint density at radius 1 is 0.974 bits per heavy atom. The number of nitrogens with one attached hydrogen (secondary N) is 1. The molecule has 4 rings (SSSR count). The molecule has 1 aliphatic rings. The number of hydrogen-bond donors (Lipinski definition) is 1. The predicted molar refractivity (Wildman–Crippen MR) is 144 cm³/mol. The lowest BCUT2D eigenvalue weighted by molar-refractivity contribution is -0.114. The molecule has 0 aliphatic carbocycles. The molecule has 0 unspecified atom stereocenters. The fourth-order valence-corrected chi connectivity index (χ4v) is 7.06. The van der Waals surface area contributed by atoms with E-state index >= 15 is 0 Å². The van der Waals surface area contributed by atoms with E-state index in [0.29, 0.717) is 0 Å². The van der Waals surface area contributed by atoms with Gasteiger partial charge in [0.2, 0.25) is 15.9 Å². The Hall–Kier alpha value is -3.16. The first-order valence-corrected chi connectivity index (χ1v) is 14.8. The molecule has 0 atom stereocenters. The van der Waals surface area contributed by atoms with Crippen molar-refractivity contribution >= 4 is 48.9 Å². The van der Waals surface area contributed by atoms with Crippen molar-refractivity contribution in [1.29, 1.82) is 0 Å². The van der Waals surface area contributed by atoms with Crippen molar-refractivity contribution in [1.82, 2.24) is 4.31 Å². The number of hydrogen-bond acceptors (Lipinski definition) is 7. The molecule has 1 fully saturated rings. The van der Waals surface area contributed by atoms with Crippen LogP contribution < -0.4 is 14.4 Å². The third kappa shape index (κ3) is 5.94. The highest BCUT2D eigenvalue weighted by Gasteiger charge is 2.30. The Balaban J connectivity index is 1.65. The summed E-state index contributed by atoms with van der Waals surface area (Å²) in [5.74, 6) is -0.530. The number of carbonyl (C=O) groups excluding carboxylic acids is 1. The molecule has 10 nitrogen and oxygen atoms in total. The first-order valence-electron chi connectivity index (χ1n) is 11.5. The molecule has 1 aliphatic heterocycles. The monoisotopic (exact) mass is 579 g/mol. The Labute approximate surface area is 226 Å². The molecular formula is C25H26ClN3O7S2. The first kappa shape index (κ1) is 27.9. The van der Waals surface area contributed by atoms with E-state index in [1.54, 1.807) is 30.3 Å². The second-order valence-corrected chi connectivity index (χ2v) is 12.4. The average Bonchev–Trinajstić information content (AvgIpc) is 2.93. The maximum absolute atomic E-state index is 13.5. The predicted octanol–water partition coefficient (Wildman–Crippen LogP) is 3.20. The molecule has 38 heavy (non-hydrogen) atoms. The van der Waals surface area contributed by atoms with E-state index in [-0.39, 0.29) is 58.2 Å². The number of carbonyl (C=O) groups is 1. The van der Waals surface area contributed by atoms with Gasteiger partial charge in [-0.3, -0.25) is 9.10 Å². The summed E-state index contributed by atoms with van der Waals surface area (Å²) in [6, 6.07) is 18.0. The lowest BCUT2D eigenvalue weighted by atomic mass is 10.3. The molecule has 1 heterocycles. The summed E-state index contributed by atoms with van der Waals surface area (Å²) in [7, 11) is -6.66. The van der Waals surface area contributed by atoms with E-state index < -0.39 is 32.5 Å². The first-order chi connectivity index (χ1) is 18.1. The summed E-state index contributed by atoms with van der Waals surface area (Å²) in [4.78, 5) is 13.2. The van der Waals surface area contributed by atoms with Crippen molar-refractivity contribution < 1.29 is 31.1 Å². The second-order valence-electron chi connectivity index (χ2n) is 8.20. The number of sulfonamides is 2. The number of morpholine rings is 1. The molecule has 0 radical (unpaired) electrons. The summed E-state index contributed by atoms with van der Waals surface area (Å²) in [5.41, 5.74) is 0.187. The van der Waals surface area contributed by atoms with Crippen molar-refractivity contribution in [3.8, 4) is 5.75 Å². The summed E-state index contributed by atoms with van der Waals surface area (Å²) < 4.78 is 66.1. The quantitative estimate of drug-likeness (QED) is 0.413. The molecule has 13 heteroatoms. The average molecular weight is 580 g/mol. The molecule has 1 saturated heterocycles. The van der Waals surface area contributed by atoms with Gasteiger partial charge in [0.25, 0.3) is 10.0 Å². The standard InChI is InChI=1S/C25H26ClN3O7S2/c1-35-24-12-11-20(37(31,32)28-13-15-36-16-14-28)17-22(24)27-25(30)18-29(23-10-6-5-9-21(23)26)38(33,34)19-7-3-2-4-8-19/h2-12,17H,13-16,18H2,1H3,(H,27,30). The van der Waals surface area contributed by atoms with Gasteiger partial charge in [0, 0.05) is 13.1 Å². The molecule has 3 aromatic rings. The van der Waals surface area contributed by atoms with Crippen molar-refractivity contribution in [3.05, 3.63) is 77.8 Å². The number of anilines is 2. The summed E-state index contributed by atoms with van der Waals surface area (Å²) >= 11 is 6.31. The number of benzene rings is 3. The van der Waals surface area contributed by atoms with E-state index in [1.807, 2.05) is 0 Å². The number of methoxy groups -OCH3 is 1. The number of ether oxygens (including phenoxy) is 2. The lowest BCUT2D eigenvalue weighted by Crippen LogP contribution is -2.40. The van der Waals surface area contributed by atoms with E-state index in [2.05, 4.69) is 5.32 Å². The van der Waals surface area contributed by atoms with Crippen LogP contribution >= 0.6 is 11.6 Å². The van der Waals surface area contributed by atoms with Crippen molar-refractivity contribution in [2.24, 2.45) is 0 Å². The van der Waals surface area contributed by atoms with E-state index in [0.717, 1.165) is 4.31 Å². The van der Waals surface area contributed by atoms with E-state index in [4.69, 9.17) is 21.1 Å². The smallest absolute Gasteiger partial charge is 0.264 e. The minimum Gasteiger partial charge on any atom is -0.495 e. The van der Waals surface area contributed by atoms with Crippen LogP contribution in [0.15, 0.2) is 82.6 Å². The van der Waals surface area contributed by atoms with Gasteiger partial charge in [-0.1, -0.05) is 41.9 Å². The molecule has 3 aromatic carbocycles. The third-order valence-electron chi connectivity index (χ3n) is 5.79. The van der Waals surface area contributed by atoms with Gasteiger partial charge in [-0.25, -0.2) is 16.8 Å². The summed E-state index contributed by atoms with van der Waals surface area (Å²) in [6.07, 6.45) is 0. The van der Waals surface area contributed by atoms with Crippen LogP contribution in [0.4, 0.5) is 11.4 Å². The molecule has 1 N–H and O–H groups in total. The highest BCUT2D eigenvalue weighted by Crippen LogP contribution is 2.32. The molecule has 202 valence electrons. The van der Waals surface area contributed by atoms with Gasteiger partial charge < -0.3 is 14.8 Å². The number of halogens is 1. The van der Waals surface area contributed by atoms with Gasteiger partial charge in [-0.2, -0.15) is 4.31 Å². The van der Waals surface area contributed by atoms with Crippen LogP contribution in [0.3, 0.4) is 0 Å². The lowest BCUT2D eigenvalue weighted by Gasteiger charge is -2.26. The van der Waals surface area contributed by atoms with Crippen LogP contribution in [0.1, 0.15) is 0 Å². The zero-order valence-corrected chi connectivity index (χ0v) is 22.8. The van der Waals surface area contributed by atoms with Gasteiger partial charge in [-0.05, 0) is 42.5 Å². The SMILES string of the molecule is COc1ccc(S(=O)(=O)N2CCOCC2)cc1NC(=O)CN(c1ccccc1Cl)S(=O)(=O)c1ccccc1. The van der Waals surface area contributed by atoms with Crippen LogP contribution in [0.25, 0.3) is 0 Å². The topological polar surface area (TPSA) is 122 Å². The number of nitrogens with zero attached hydrogens (tertiary/aromatic N) is 2. The molecule has 0 saturated carbocycles. The zero-order valence-electron chi connectivity index (χ0n) is 20.4. The van der Waals surface area contributed by atoms with Gasteiger partial charge in [0.1, 0.15) is 12.3 Å². The van der Waals surface area contributed by atoms with Crippen LogP contribution in [0.2, 0.25) is 5.02 Å². The van der Waals surface area contributed by atoms with Crippen molar-refractivity contribution in [3.63, 3.8) is 0 Å². The molecule has 0 bridgehead atoms. The molecule has 1 amide bonds. The number of amides is 1. The largest absolute Gasteiger partial charge is 0.495 e. The Bertz CT molecular complexity index is 1510. The Morgan fingerprint density at radius 3 is 2.29 bits per heavy atom. The van der Waals surface area contributed by atoms with Crippen molar-refractivity contribution in [2.75, 3.05) is 49.6 Å². The number of para-hydroxylation sites is 1. The minimum absolute atomic E-state index is 0.0242. The highest BCUT2D eigenvalue weighted by atomic mass is 35.5. The van der Waals surface area contributed by atoms with Crippen LogP contribution in [0.5, 0.6) is 5.75 Å². The van der Waals surface area contributed by atoms with E-state index in [1.165, 1.54) is 53.9 Å². The maximum atomic E-state index is 13.5. The van der Waals surface area contributed by atoms with Crippen LogP contribution in [-0.4, -0.2) is 67.0 Å². The van der Waals surface area contributed by atoms with Gasteiger partial charge >= 0.3 is 0 Å². The van der Waals surface area contributed by atoms with Gasteiger partial charge in [-0.15, -0.1) is 0 Å². The number of rotatable bonds is 9. The summed E-state index contributed by atoms with van der Waals surface area (Å²) in [5, 5.41) is 2.73. The second kappa shape index (κ2) is 11.7. The molecular weight excluding hydrogens is 554 g/mol. The Kier molecular flexibility index (Phi) is 8.58. The van der Waals surface area contributed by atoms with Crippen LogP contribution in [-0.2, 0) is 29.6 Å². The normalized spacial score (nSPS) is 14.6. The van der Waals surface area contributed by atoms with Crippen LogP contribution in [0, 0.1) is 0 Å². The molecule has 0 aromatic heterocycles. The zero-order chi connectivity index (χ0) is 27.3. The van der Waals surface area contributed by atoms with Crippen molar-refractivity contribution in [2.45, 2.75) is 9.79 Å². The third-order valence-corrected chi connectivity index (χ3v) is 9.78. The van der Waals surface area contributed by atoms with Gasteiger partial charge in [0.05, 0.1) is 46.5 Å². The molecule has 0 spiro atoms. The fourth-order valence-electron chi connectivity index (χ4n) is 3.87. The van der Waals surface area contributed by atoms with Gasteiger partial charge in [0.15, 0.2) is 0 Å². The Morgan fingerprint density at radius 2 is 1.63 bits per heavy atom. The maximum Gasteiger partial charge on any atom is 0.264 e. The highest BCUT2D eigenvalue weighted by molar-refractivity contribution is 7.93. The van der Waals surface area contributed by atoms with E-state index in [9.17, 15) is 21.6 Å². The summed E-state index contributed by atoms with van der Waals surface area (Å²) in [6.45, 7) is 0.352. The minimum atomic E-state index is -4.18.